The summed E-state index contributed by atoms with van der Waals surface area (Å²) in [4.78, 5) is 54.3. The van der Waals surface area contributed by atoms with Crippen molar-refractivity contribution < 1.29 is 38.1 Å². The SMILES string of the molecule is COC(=O)[C@@H](C)CC(=O)c1cc2cc(N)c(OC)cc2s1.COC(=O)[C@@H](C)CC(=O)c1cc2cc(N=C(c3ccccc3)c3ccccc3)c(OC)cc2s1. The van der Waals surface area contributed by atoms with Gasteiger partial charge in [0.15, 0.2) is 11.6 Å². The van der Waals surface area contributed by atoms with Gasteiger partial charge in [0.25, 0.3) is 0 Å². The van der Waals surface area contributed by atoms with E-state index >= 15 is 0 Å². The first-order valence-electron chi connectivity index (χ1n) is 17.4. The fraction of sp³-hybridized carbons (Fsp3) is 0.233. The number of hydrogen-bond acceptors (Lipinski definition) is 12. The van der Waals surface area contributed by atoms with E-state index in [9.17, 15) is 19.2 Å². The third-order valence-corrected chi connectivity index (χ3v) is 11.0. The monoisotopic (exact) mass is 778 g/mol. The number of aliphatic imine (C=N–C) groups is 1. The minimum Gasteiger partial charge on any atom is -0.495 e. The molecular formula is C43H42N2O8S2. The number of rotatable bonds is 13. The molecule has 0 unspecified atom stereocenters. The summed E-state index contributed by atoms with van der Waals surface area (Å²) in [6.07, 6.45) is 0.236. The average Bonchev–Trinajstić information content (AvgIpc) is 3.83. The zero-order valence-corrected chi connectivity index (χ0v) is 33.0. The number of fused-ring (bicyclic) bond motifs is 2. The molecule has 2 atom stereocenters. The molecule has 0 radical (unpaired) electrons. The lowest BCUT2D eigenvalue weighted by molar-refractivity contribution is -0.145. The molecule has 12 heteroatoms. The van der Waals surface area contributed by atoms with Crippen molar-refractivity contribution >= 4 is 83.4 Å². The quantitative estimate of drug-likeness (QED) is 0.0525. The van der Waals surface area contributed by atoms with Crippen molar-refractivity contribution in [2.75, 3.05) is 34.2 Å². The second-order valence-electron chi connectivity index (χ2n) is 12.7. The molecule has 0 bridgehead atoms. The number of nitrogens with two attached hydrogens (primary N) is 1. The van der Waals surface area contributed by atoms with Crippen LogP contribution in [0.1, 0.15) is 57.2 Å². The molecule has 0 saturated carbocycles. The van der Waals surface area contributed by atoms with E-state index in [-0.39, 0.29) is 36.3 Å². The number of anilines is 1. The van der Waals surface area contributed by atoms with Gasteiger partial charge < -0.3 is 24.7 Å². The van der Waals surface area contributed by atoms with Crippen molar-refractivity contribution in [3.8, 4) is 11.5 Å². The lowest BCUT2D eigenvalue weighted by Gasteiger charge is -2.10. The Hall–Kier alpha value is -5.85. The summed E-state index contributed by atoms with van der Waals surface area (Å²) in [5.41, 5.74) is 9.88. The summed E-state index contributed by atoms with van der Waals surface area (Å²) in [7, 11) is 5.81. The molecule has 2 aromatic heterocycles. The summed E-state index contributed by atoms with van der Waals surface area (Å²) in [5.74, 6) is -0.655. The van der Waals surface area contributed by atoms with Crippen molar-refractivity contribution in [2.45, 2.75) is 26.7 Å². The minimum atomic E-state index is -0.489. The molecule has 0 spiro atoms. The minimum absolute atomic E-state index is 0.0772. The molecule has 6 aromatic rings. The van der Waals surface area contributed by atoms with Gasteiger partial charge in [0.1, 0.15) is 17.2 Å². The van der Waals surface area contributed by atoms with E-state index in [1.807, 2.05) is 84.9 Å². The highest BCUT2D eigenvalue weighted by Gasteiger charge is 2.22. The highest BCUT2D eigenvalue weighted by molar-refractivity contribution is 7.21. The van der Waals surface area contributed by atoms with Gasteiger partial charge in [-0.2, -0.15) is 0 Å². The normalized spacial score (nSPS) is 11.8. The number of Topliss-reactive ketones (excluding diaryl/α,β-unsaturated/α-hetero) is 2. The van der Waals surface area contributed by atoms with E-state index in [2.05, 4.69) is 4.74 Å². The smallest absolute Gasteiger partial charge is 0.308 e. The molecule has 0 amide bonds. The standard InChI is InChI=1S/C28H25NO4S.C15H17NO4S/c1-18(28(31)33-3)14-23(30)26-16-21-15-22(24(32-2)17-25(21)34-26)29-27(19-10-6-4-7-11-19)20-12-8-5-9-13-20;1-8(15(18)20-3)4-11(17)14-6-9-5-10(16)12(19-2)7-13(9)21-14/h4-13,15-18H,14H2,1-3H3;5-8H,4,16H2,1-3H3/t18-;8-/m00/s1. The summed E-state index contributed by atoms with van der Waals surface area (Å²) in [6, 6.07) is 31.1. The number of ketones is 2. The van der Waals surface area contributed by atoms with Crippen LogP contribution < -0.4 is 15.2 Å². The number of thiophene rings is 2. The van der Waals surface area contributed by atoms with Crippen LogP contribution in [0.15, 0.2) is 102 Å². The first-order chi connectivity index (χ1) is 26.5. The van der Waals surface area contributed by atoms with Crippen LogP contribution in [-0.2, 0) is 19.1 Å². The predicted octanol–water partition coefficient (Wildman–Crippen LogP) is 9.33. The fourth-order valence-electron chi connectivity index (χ4n) is 5.78. The fourth-order valence-corrected chi connectivity index (χ4v) is 7.82. The second-order valence-corrected chi connectivity index (χ2v) is 14.9. The number of carbonyl (C=O) groups excluding carboxylic acids is 4. The Morgan fingerprint density at radius 1 is 0.618 bits per heavy atom. The van der Waals surface area contributed by atoms with Crippen LogP contribution in [-0.4, -0.2) is 57.7 Å². The van der Waals surface area contributed by atoms with Gasteiger partial charge in [-0.25, -0.2) is 4.99 Å². The van der Waals surface area contributed by atoms with E-state index in [0.29, 0.717) is 32.6 Å². The van der Waals surface area contributed by atoms with E-state index in [1.165, 1.54) is 36.9 Å². The van der Waals surface area contributed by atoms with E-state index in [4.69, 9.17) is 24.9 Å². The third kappa shape index (κ3) is 9.83. The number of benzene rings is 4. The zero-order valence-electron chi connectivity index (χ0n) is 31.4. The molecule has 2 heterocycles. The number of carbonyl (C=O) groups is 4. The molecule has 0 aliphatic rings. The van der Waals surface area contributed by atoms with Crippen LogP contribution in [0.2, 0.25) is 0 Å². The van der Waals surface area contributed by atoms with E-state index in [0.717, 1.165) is 37.0 Å². The van der Waals surface area contributed by atoms with E-state index in [1.54, 1.807) is 40.2 Å². The van der Waals surface area contributed by atoms with Gasteiger partial charge in [-0.05, 0) is 35.0 Å². The summed E-state index contributed by atoms with van der Waals surface area (Å²) in [6.45, 7) is 3.37. The Labute approximate surface area is 327 Å². The molecule has 0 saturated heterocycles. The Morgan fingerprint density at radius 2 is 1.05 bits per heavy atom. The molecule has 10 nitrogen and oxygen atoms in total. The highest BCUT2D eigenvalue weighted by atomic mass is 32.1. The van der Waals surface area contributed by atoms with Crippen molar-refractivity contribution in [2.24, 2.45) is 16.8 Å². The molecule has 6 rings (SSSR count). The molecule has 2 N–H and O–H groups in total. The molecule has 0 aliphatic heterocycles. The lowest BCUT2D eigenvalue weighted by atomic mass is 10.0. The zero-order chi connectivity index (χ0) is 39.6. The molecule has 0 fully saturated rings. The molecule has 55 heavy (non-hydrogen) atoms. The van der Waals surface area contributed by atoms with Crippen LogP contribution in [0.4, 0.5) is 11.4 Å². The van der Waals surface area contributed by atoms with Gasteiger partial charge in [-0.1, -0.05) is 74.5 Å². The first-order valence-corrected chi connectivity index (χ1v) is 19.0. The van der Waals surface area contributed by atoms with Crippen LogP contribution in [0, 0.1) is 11.8 Å². The van der Waals surface area contributed by atoms with Gasteiger partial charge in [0.2, 0.25) is 0 Å². The second kappa shape index (κ2) is 18.5. The van der Waals surface area contributed by atoms with Crippen molar-refractivity contribution in [3.63, 3.8) is 0 Å². The summed E-state index contributed by atoms with van der Waals surface area (Å²) in [5, 5.41) is 1.80. The summed E-state index contributed by atoms with van der Waals surface area (Å²) >= 11 is 2.75. The maximum absolute atomic E-state index is 12.8. The predicted molar refractivity (Wildman–Crippen MR) is 220 cm³/mol. The number of nitrogens with zero attached hydrogens (tertiary/aromatic N) is 1. The number of ether oxygens (including phenoxy) is 4. The number of methoxy groups -OCH3 is 4. The Kier molecular flexibility index (Phi) is 13.5. The lowest BCUT2D eigenvalue weighted by Crippen LogP contribution is -2.16. The van der Waals surface area contributed by atoms with Gasteiger partial charge in [-0.15, -0.1) is 22.7 Å². The first kappa shape index (κ1) is 40.3. The van der Waals surface area contributed by atoms with Crippen LogP contribution >= 0.6 is 22.7 Å². The van der Waals surface area contributed by atoms with Crippen LogP contribution in [0.25, 0.3) is 20.2 Å². The van der Waals surface area contributed by atoms with Gasteiger partial charge in [-0.3, -0.25) is 19.2 Å². The largest absolute Gasteiger partial charge is 0.495 e. The molecular weight excluding hydrogens is 737 g/mol. The van der Waals surface area contributed by atoms with E-state index < -0.39 is 11.8 Å². The topological polar surface area (TPSA) is 144 Å². The average molecular weight is 779 g/mol. The van der Waals surface area contributed by atoms with Gasteiger partial charge in [0, 0.05) is 45.5 Å². The maximum atomic E-state index is 12.8. The third-order valence-electron chi connectivity index (χ3n) is 8.75. The number of esters is 2. The Bertz CT molecular complexity index is 2310. The highest BCUT2D eigenvalue weighted by Crippen LogP contribution is 2.38. The molecule has 0 aliphatic carbocycles. The molecule has 284 valence electrons. The van der Waals surface area contributed by atoms with Gasteiger partial charge >= 0.3 is 11.9 Å². The molecule has 4 aromatic carbocycles. The van der Waals surface area contributed by atoms with Crippen molar-refractivity contribution in [1.82, 2.24) is 0 Å². The van der Waals surface area contributed by atoms with Gasteiger partial charge in [0.05, 0.1) is 61.4 Å². The number of hydrogen-bond donors (Lipinski definition) is 1. The Balaban J connectivity index is 0.000000237. The van der Waals surface area contributed by atoms with Crippen LogP contribution in [0.3, 0.4) is 0 Å². The summed E-state index contributed by atoms with van der Waals surface area (Å²) < 4.78 is 22.1. The van der Waals surface area contributed by atoms with Crippen molar-refractivity contribution in [3.05, 3.63) is 118 Å². The Morgan fingerprint density at radius 3 is 1.49 bits per heavy atom. The van der Waals surface area contributed by atoms with Crippen molar-refractivity contribution in [1.29, 1.82) is 0 Å². The number of nitrogen functional groups attached to an aromatic ring is 1. The van der Waals surface area contributed by atoms with Crippen LogP contribution in [0.5, 0.6) is 11.5 Å². The maximum Gasteiger partial charge on any atom is 0.308 e.